The van der Waals surface area contributed by atoms with Crippen molar-refractivity contribution in [3.8, 4) is 0 Å². The summed E-state index contributed by atoms with van der Waals surface area (Å²) in [6.45, 7) is 5.33. The molecule has 0 aromatic rings. The van der Waals surface area contributed by atoms with Crippen molar-refractivity contribution in [1.82, 2.24) is 4.90 Å². The fourth-order valence-electron chi connectivity index (χ4n) is 3.17. The van der Waals surface area contributed by atoms with Gasteiger partial charge in [-0.25, -0.2) is 0 Å². The van der Waals surface area contributed by atoms with Crippen molar-refractivity contribution in [2.24, 2.45) is 17.6 Å². The lowest BCUT2D eigenvalue weighted by Crippen LogP contribution is -2.44. The molecular weight excluding hydrogens is 200 g/mol. The number of nitrogens with two attached hydrogens (primary N) is 1. The second-order valence-electron chi connectivity index (χ2n) is 5.68. The van der Waals surface area contributed by atoms with Crippen LogP contribution in [0.2, 0.25) is 0 Å². The molecule has 2 fully saturated rings. The van der Waals surface area contributed by atoms with Gasteiger partial charge in [0.15, 0.2) is 0 Å². The van der Waals surface area contributed by atoms with Crippen LogP contribution in [0.4, 0.5) is 0 Å². The standard InChI is InChI=1S/C13H24N2O/c1-9-5-6-11(14)8-12(9)13(16)15-7-3-4-10(15)2/h9-12H,3-8,14H2,1-2H3. The highest BCUT2D eigenvalue weighted by atomic mass is 16.2. The molecule has 4 unspecified atom stereocenters. The van der Waals surface area contributed by atoms with Gasteiger partial charge in [0.2, 0.25) is 5.91 Å². The van der Waals surface area contributed by atoms with Crippen molar-refractivity contribution in [2.45, 2.75) is 58.0 Å². The monoisotopic (exact) mass is 224 g/mol. The van der Waals surface area contributed by atoms with Crippen LogP contribution in [0.1, 0.15) is 46.0 Å². The summed E-state index contributed by atoms with van der Waals surface area (Å²) in [4.78, 5) is 14.5. The maximum Gasteiger partial charge on any atom is 0.226 e. The van der Waals surface area contributed by atoms with Crippen molar-refractivity contribution >= 4 is 5.91 Å². The van der Waals surface area contributed by atoms with Crippen LogP contribution in [0.5, 0.6) is 0 Å². The number of carbonyl (C=O) groups excluding carboxylic acids is 1. The Bertz CT molecular complexity index is 267. The molecule has 0 bridgehead atoms. The molecule has 92 valence electrons. The SMILES string of the molecule is CC1CCC(N)CC1C(=O)N1CCCC1C. The number of nitrogens with zero attached hydrogens (tertiary/aromatic N) is 1. The van der Waals surface area contributed by atoms with Crippen molar-refractivity contribution in [1.29, 1.82) is 0 Å². The van der Waals surface area contributed by atoms with E-state index in [1.165, 1.54) is 12.8 Å². The van der Waals surface area contributed by atoms with Gasteiger partial charge in [-0.2, -0.15) is 0 Å². The number of amides is 1. The minimum Gasteiger partial charge on any atom is -0.340 e. The fourth-order valence-corrected chi connectivity index (χ4v) is 3.17. The Hall–Kier alpha value is -0.570. The fraction of sp³-hybridized carbons (Fsp3) is 0.923. The predicted molar refractivity (Wildman–Crippen MR) is 64.9 cm³/mol. The molecule has 2 rings (SSSR count). The highest BCUT2D eigenvalue weighted by Crippen LogP contribution is 2.32. The first-order valence-electron chi connectivity index (χ1n) is 6.65. The van der Waals surface area contributed by atoms with E-state index in [9.17, 15) is 4.79 Å². The lowest BCUT2D eigenvalue weighted by Gasteiger charge is -2.35. The number of rotatable bonds is 1. The van der Waals surface area contributed by atoms with Crippen LogP contribution in [-0.2, 0) is 4.79 Å². The first kappa shape index (κ1) is 11.9. The molecule has 16 heavy (non-hydrogen) atoms. The first-order chi connectivity index (χ1) is 7.59. The van der Waals surface area contributed by atoms with Crippen LogP contribution in [-0.4, -0.2) is 29.4 Å². The van der Waals surface area contributed by atoms with Crippen LogP contribution < -0.4 is 5.73 Å². The molecule has 1 heterocycles. The number of likely N-dealkylation sites (tertiary alicyclic amines) is 1. The molecular formula is C13H24N2O. The highest BCUT2D eigenvalue weighted by molar-refractivity contribution is 5.79. The second kappa shape index (κ2) is 4.74. The normalized spacial score (nSPS) is 40.1. The molecule has 1 amide bonds. The van der Waals surface area contributed by atoms with Gasteiger partial charge in [-0.05, 0) is 44.9 Å². The summed E-state index contributed by atoms with van der Waals surface area (Å²) in [5.74, 6) is 1.07. The van der Waals surface area contributed by atoms with Gasteiger partial charge < -0.3 is 10.6 Å². The lowest BCUT2D eigenvalue weighted by molar-refractivity contribution is -0.139. The summed E-state index contributed by atoms with van der Waals surface area (Å²) < 4.78 is 0. The van der Waals surface area contributed by atoms with E-state index in [1.807, 2.05) is 0 Å². The second-order valence-corrected chi connectivity index (χ2v) is 5.68. The van der Waals surface area contributed by atoms with Gasteiger partial charge in [0.25, 0.3) is 0 Å². The van der Waals surface area contributed by atoms with Crippen molar-refractivity contribution in [3.63, 3.8) is 0 Å². The maximum absolute atomic E-state index is 12.4. The third kappa shape index (κ3) is 2.24. The Labute approximate surface area is 98.4 Å². The zero-order chi connectivity index (χ0) is 11.7. The van der Waals surface area contributed by atoms with Crippen molar-refractivity contribution in [3.05, 3.63) is 0 Å². The molecule has 1 saturated carbocycles. The van der Waals surface area contributed by atoms with Crippen LogP contribution >= 0.6 is 0 Å². The molecule has 1 aliphatic heterocycles. The molecule has 3 heteroatoms. The molecule has 1 saturated heterocycles. The van der Waals surface area contributed by atoms with Gasteiger partial charge in [0.1, 0.15) is 0 Å². The largest absolute Gasteiger partial charge is 0.340 e. The Balaban J connectivity index is 2.02. The Morgan fingerprint density at radius 1 is 1.25 bits per heavy atom. The Kier molecular flexibility index (Phi) is 3.53. The third-order valence-corrected chi connectivity index (χ3v) is 4.39. The molecule has 0 radical (unpaired) electrons. The Morgan fingerprint density at radius 3 is 2.62 bits per heavy atom. The maximum atomic E-state index is 12.4. The van der Waals surface area contributed by atoms with Gasteiger partial charge in [-0.1, -0.05) is 6.92 Å². The van der Waals surface area contributed by atoms with E-state index >= 15 is 0 Å². The molecule has 3 nitrogen and oxygen atoms in total. The Morgan fingerprint density at radius 2 is 2.00 bits per heavy atom. The number of carbonyl (C=O) groups is 1. The summed E-state index contributed by atoms with van der Waals surface area (Å²) in [7, 11) is 0. The van der Waals surface area contributed by atoms with Crippen LogP contribution in [0.25, 0.3) is 0 Å². The number of hydrogen-bond acceptors (Lipinski definition) is 2. The van der Waals surface area contributed by atoms with E-state index in [1.54, 1.807) is 0 Å². The average Bonchev–Trinajstić information content (AvgIpc) is 2.67. The summed E-state index contributed by atoms with van der Waals surface area (Å²) in [5.41, 5.74) is 5.99. The molecule has 0 aromatic heterocycles. The third-order valence-electron chi connectivity index (χ3n) is 4.39. The zero-order valence-corrected chi connectivity index (χ0v) is 10.5. The highest BCUT2D eigenvalue weighted by Gasteiger charge is 2.36. The summed E-state index contributed by atoms with van der Waals surface area (Å²) >= 11 is 0. The lowest BCUT2D eigenvalue weighted by atomic mass is 9.77. The van der Waals surface area contributed by atoms with Gasteiger partial charge in [-0.3, -0.25) is 4.79 Å². The number of hydrogen-bond donors (Lipinski definition) is 1. The van der Waals surface area contributed by atoms with E-state index in [-0.39, 0.29) is 12.0 Å². The van der Waals surface area contributed by atoms with E-state index in [4.69, 9.17) is 5.73 Å². The predicted octanol–water partition coefficient (Wildman–Crippen LogP) is 1.76. The molecule has 1 aliphatic carbocycles. The van der Waals surface area contributed by atoms with Crippen LogP contribution in [0, 0.1) is 11.8 Å². The minimum atomic E-state index is 0.185. The van der Waals surface area contributed by atoms with Gasteiger partial charge in [0.05, 0.1) is 0 Å². The minimum absolute atomic E-state index is 0.185. The van der Waals surface area contributed by atoms with Gasteiger partial charge in [0, 0.05) is 24.5 Å². The van der Waals surface area contributed by atoms with E-state index < -0.39 is 0 Å². The van der Waals surface area contributed by atoms with Gasteiger partial charge >= 0.3 is 0 Å². The van der Waals surface area contributed by atoms with E-state index in [0.717, 1.165) is 25.8 Å². The molecule has 0 aromatic carbocycles. The van der Waals surface area contributed by atoms with Crippen molar-refractivity contribution in [2.75, 3.05) is 6.54 Å². The molecule has 0 spiro atoms. The van der Waals surface area contributed by atoms with E-state index in [0.29, 0.717) is 17.9 Å². The topological polar surface area (TPSA) is 46.3 Å². The summed E-state index contributed by atoms with van der Waals surface area (Å²) in [6, 6.07) is 0.681. The summed E-state index contributed by atoms with van der Waals surface area (Å²) in [5, 5.41) is 0. The molecule has 2 N–H and O–H groups in total. The zero-order valence-electron chi connectivity index (χ0n) is 10.5. The van der Waals surface area contributed by atoms with Gasteiger partial charge in [-0.15, -0.1) is 0 Å². The average molecular weight is 224 g/mol. The summed E-state index contributed by atoms with van der Waals surface area (Å²) in [6.07, 6.45) is 5.42. The molecule has 2 aliphatic rings. The smallest absolute Gasteiger partial charge is 0.226 e. The van der Waals surface area contributed by atoms with Crippen LogP contribution in [0.15, 0.2) is 0 Å². The van der Waals surface area contributed by atoms with Crippen LogP contribution in [0.3, 0.4) is 0 Å². The van der Waals surface area contributed by atoms with E-state index in [2.05, 4.69) is 18.7 Å². The van der Waals surface area contributed by atoms with Crippen molar-refractivity contribution < 1.29 is 4.79 Å². The first-order valence-corrected chi connectivity index (χ1v) is 6.65. The quantitative estimate of drug-likeness (QED) is 0.737. The molecule has 4 atom stereocenters.